The smallest absolute Gasteiger partial charge is 0.134 e. The van der Waals surface area contributed by atoms with Crippen molar-refractivity contribution in [3.63, 3.8) is 0 Å². The van der Waals surface area contributed by atoms with Crippen LogP contribution in [0.5, 0.6) is 0 Å². The SMILES string of the molecule is CC(C)CC(O)C1NCCO1. The van der Waals surface area contributed by atoms with Gasteiger partial charge in [0.1, 0.15) is 6.23 Å². The lowest BCUT2D eigenvalue weighted by molar-refractivity contribution is -0.0202. The Morgan fingerprint density at radius 2 is 2.36 bits per heavy atom. The lowest BCUT2D eigenvalue weighted by atomic mass is 10.1. The van der Waals surface area contributed by atoms with Crippen molar-refractivity contribution in [2.45, 2.75) is 32.6 Å². The van der Waals surface area contributed by atoms with Gasteiger partial charge in [-0.05, 0) is 12.3 Å². The van der Waals surface area contributed by atoms with Gasteiger partial charge in [-0.25, -0.2) is 0 Å². The van der Waals surface area contributed by atoms with Crippen LogP contribution in [-0.4, -0.2) is 30.6 Å². The second-order valence-corrected chi connectivity index (χ2v) is 3.44. The number of ether oxygens (including phenoxy) is 1. The van der Waals surface area contributed by atoms with E-state index in [1.807, 2.05) is 0 Å². The number of hydrogen-bond donors (Lipinski definition) is 2. The number of nitrogens with one attached hydrogen (secondary N) is 1. The van der Waals surface area contributed by atoms with Gasteiger partial charge in [0.2, 0.25) is 0 Å². The van der Waals surface area contributed by atoms with Crippen molar-refractivity contribution >= 4 is 0 Å². The van der Waals surface area contributed by atoms with E-state index in [1.54, 1.807) is 0 Å². The van der Waals surface area contributed by atoms with Gasteiger partial charge in [0.15, 0.2) is 0 Å². The van der Waals surface area contributed by atoms with Crippen LogP contribution in [0.15, 0.2) is 0 Å². The van der Waals surface area contributed by atoms with Crippen LogP contribution in [0.2, 0.25) is 0 Å². The van der Waals surface area contributed by atoms with Crippen molar-refractivity contribution < 1.29 is 9.84 Å². The van der Waals surface area contributed by atoms with E-state index in [-0.39, 0.29) is 12.3 Å². The molecule has 3 nitrogen and oxygen atoms in total. The van der Waals surface area contributed by atoms with Crippen molar-refractivity contribution in [1.82, 2.24) is 5.32 Å². The van der Waals surface area contributed by atoms with Gasteiger partial charge < -0.3 is 9.84 Å². The minimum absolute atomic E-state index is 0.127. The minimum Gasteiger partial charge on any atom is -0.389 e. The Hall–Kier alpha value is -0.120. The maximum atomic E-state index is 9.53. The summed E-state index contributed by atoms with van der Waals surface area (Å²) in [6.07, 6.45) is 0.326. The molecule has 1 aliphatic heterocycles. The zero-order valence-corrected chi connectivity index (χ0v) is 7.21. The van der Waals surface area contributed by atoms with E-state index in [2.05, 4.69) is 19.2 Å². The Balaban J connectivity index is 2.22. The zero-order chi connectivity index (χ0) is 8.27. The van der Waals surface area contributed by atoms with Gasteiger partial charge in [0, 0.05) is 6.54 Å². The Bertz CT molecular complexity index is 111. The van der Waals surface area contributed by atoms with Crippen LogP contribution >= 0.6 is 0 Å². The van der Waals surface area contributed by atoms with Gasteiger partial charge in [-0.3, -0.25) is 5.32 Å². The van der Waals surface area contributed by atoms with E-state index in [9.17, 15) is 5.11 Å². The van der Waals surface area contributed by atoms with E-state index in [0.29, 0.717) is 5.92 Å². The highest BCUT2D eigenvalue weighted by molar-refractivity contribution is 4.72. The third kappa shape index (κ3) is 2.77. The highest BCUT2D eigenvalue weighted by Crippen LogP contribution is 2.10. The number of aliphatic hydroxyl groups excluding tert-OH is 1. The molecular weight excluding hydrogens is 142 g/mol. The quantitative estimate of drug-likeness (QED) is 0.624. The van der Waals surface area contributed by atoms with Gasteiger partial charge in [0.05, 0.1) is 12.7 Å². The molecule has 66 valence electrons. The molecule has 1 fully saturated rings. The van der Waals surface area contributed by atoms with Gasteiger partial charge >= 0.3 is 0 Å². The van der Waals surface area contributed by atoms with Crippen LogP contribution in [0.25, 0.3) is 0 Å². The largest absolute Gasteiger partial charge is 0.389 e. The van der Waals surface area contributed by atoms with E-state index >= 15 is 0 Å². The van der Waals surface area contributed by atoms with Crippen molar-refractivity contribution in [2.75, 3.05) is 13.2 Å². The average Bonchev–Trinajstić information content (AvgIpc) is 2.35. The lowest BCUT2D eigenvalue weighted by Gasteiger charge is -2.18. The van der Waals surface area contributed by atoms with Gasteiger partial charge in [-0.1, -0.05) is 13.8 Å². The van der Waals surface area contributed by atoms with Crippen LogP contribution in [0, 0.1) is 5.92 Å². The molecule has 11 heavy (non-hydrogen) atoms. The molecule has 0 aromatic rings. The second-order valence-electron chi connectivity index (χ2n) is 3.44. The maximum absolute atomic E-state index is 9.53. The molecule has 0 saturated carbocycles. The van der Waals surface area contributed by atoms with Crippen molar-refractivity contribution in [3.8, 4) is 0 Å². The first-order valence-electron chi connectivity index (χ1n) is 4.23. The van der Waals surface area contributed by atoms with Gasteiger partial charge in [-0.2, -0.15) is 0 Å². The molecule has 0 spiro atoms. The molecule has 1 saturated heterocycles. The lowest BCUT2D eigenvalue weighted by Crippen LogP contribution is -2.36. The fourth-order valence-electron chi connectivity index (χ4n) is 1.30. The van der Waals surface area contributed by atoms with Crippen LogP contribution in [0.3, 0.4) is 0 Å². The number of hydrogen-bond acceptors (Lipinski definition) is 3. The topological polar surface area (TPSA) is 41.5 Å². The molecule has 0 aliphatic carbocycles. The Morgan fingerprint density at radius 1 is 1.64 bits per heavy atom. The monoisotopic (exact) mass is 159 g/mol. The molecule has 0 aromatic carbocycles. The van der Waals surface area contributed by atoms with Crippen LogP contribution in [-0.2, 0) is 4.74 Å². The Labute approximate surface area is 67.7 Å². The molecule has 1 rings (SSSR count). The molecule has 2 N–H and O–H groups in total. The molecule has 0 bridgehead atoms. The van der Waals surface area contributed by atoms with E-state index < -0.39 is 0 Å². The molecule has 0 amide bonds. The summed E-state index contributed by atoms with van der Waals surface area (Å²) in [7, 11) is 0. The normalized spacial score (nSPS) is 27.8. The van der Waals surface area contributed by atoms with E-state index in [1.165, 1.54) is 0 Å². The maximum Gasteiger partial charge on any atom is 0.134 e. The summed E-state index contributed by atoms with van der Waals surface area (Å²) in [5.74, 6) is 0.524. The fourth-order valence-corrected chi connectivity index (χ4v) is 1.30. The highest BCUT2D eigenvalue weighted by atomic mass is 16.5. The first-order chi connectivity index (χ1) is 5.20. The molecule has 1 aliphatic rings. The number of aliphatic hydroxyl groups is 1. The summed E-state index contributed by atoms with van der Waals surface area (Å²) in [5, 5.41) is 12.6. The molecule has 2 atom stereocenters. The average molecular weight is 159 g/mol. The van der Waals surface area contributed by atoms with Gasteiger partial charge in [-0.15, -0.1) is 0 Å². The van der Waals surface area contributed by atoms with Crippen molar-refractivity contribution in [1.29, 1.82) is 0 Å². The van der Waals surface area contributed by atoms with Crippen LogP contribution < -0.4 is 5.32 Å². The Morgan fingerprint density at radius 3 is 2.82 bits per heavy atom. The molecule has 0 aromatic heterocycles. The zero-order valence-electron chi connectivity index (χ0n) is 7.21. The predicted octanol–water partition coefficient (Wildman–Crippen LogP) is 0.339. The highest BCUT2D eigenvalue weighted by Gasteiger charge is 2.23. The second kappa shape index (κ2) is 4.04. The first kappa shape index (κ1) is 8.97. The van der Waals surface area contributed by atoms with Crippen molar-refractivity contribution in [3.05, 3.63) is 0 Å². The summed E-state index contributed by atoms with van der Waals surface area (Å²) in [6, 6.07) is 0. The van der Waals surface area contributed by atoms with Crippen LogP contribution in [0.1, 0.15) is 20.3 Å². The summed E-state index contributed by atoms with van der Waals surface area (Å²) in [6.45, 7) is 5.77. The number of rotatable bonds is 3. The molecule has 3 heteroatoms. The Kier molecular flexibility index (Phi) is 3.30. The summed E-state index contributed by atoms with van der Waals surface area (Å²) in [5.41, 5.74) is 0. The summed E-state index contributed by atoms with van der Waals surface area (Å²) in [4.78, 5) is 0. The van der Waals surface area contributed by atoms with Crippen molar-refractivity contribution in [2.24, 2.45) is 5.92 Å². The third-order valence-corrected chi connectivity index (χ3v) is 1.81. The van der Waals surface area contributed by atoms with E-state index in [4.69, 9.17) is 4.74 Å². The summed E-state index contributed by atoms with van der Waals surface area (Å²) >= 11 is 0. The molecule has 1 heterocycles. The van der Waals surface area contributed by atoms with E-state index in [0.717, 1.165) is 19.6 Å². The minimum atomic E-state index is -0.350. The van der Waals surface area contributed by atoms with Gasteiger partial charge in [0.25, 0.3) is 0 Å². The molecule has 0 radical (unpaired) electrons. The first-order valence-corrected chi connectivity index (χ1v) is 4.23. The predicted molar refractivity (Wildman–Crippen MR) is 43.2 cm³/mol. The summed E-state index contributed by atoms with van der Waals surface area (Å²) < 4.78 is 5.25. The standard InChI is InChI=1S/C8H17NO2/c1-6(2)5-7(10)8-9-3-4-11-8/h6-10H,3-5H2,1-2H3. The third-order valence-electron chi connectivity index (χ3n) is 1.81. The molecule has 2 unspecified atom stereocenters. The fraction of sp³-hybridized carbons (Fsp3) is 1.00. The molecular formula is C8H17NO2. The van der Waals surface area contributed by atoms with Crippen LogP contribution in [0.4, 0.5) is 0 Å².